The molecule has 0 saturated heterocycles. The number of benzene rings is 2. The number of aromatic nitrogens is 2. The minimum absolute atomic E-state index is 0.532. The minimum Gasteiger partial charge on any atom is -0.493 e. The van der Waals surface area contributed by atoms with Gasteiger partial charge in [0.15, 0.2) is 28.8 Å². The summed E-state index contributed by atoms with van der Waals surface area (Å²) in [7, 11) is 4.87. The van der Waals surface area contributed by atoms with Gasteiger partial charge < -0.3 is 29.2 Å². The topological polar surface area (TPSA) is 78.0 Å². The number of rotatable bonds is 12. The number of anilines is 1. The predicted molar refractivity (Wildman–Crippen MR) is 132 cm³/mol. The van der Waals surface area contributed by atoms with Crippen LogP contribution < -0.4 is 24.3 Å². The summed E-state index contributed by atoms with van der Waals surface area (Å²) >= 11 is 0. The van der Waals surface area contributed by atoms with Gasteiger partial charge in [-0.2, -0.15) is 0 Å². The summed E-state index contributed by atoms with van der Waals surface area (Å²) in [6, 6.07) is 9.49. The molecule has 0 unspecified atom stereocenters. The Morgan fingerprint density at radius 3 is 2.15 bits per heavy atom. The molecule has 3 aromatic rings. The first-order valence-electron chi connectivity index (χ1n) is 11.3. The molecule has 8 heteroatoms. The van der Waals surface area contributed by atoms with Crippen LogP contribution in [0.4, 0.5) is 5.82 Å². The molecule has 0 aliphatic carbocycles. The Bertz CT molecular complexity index is 1070. The van der Waals surface area contributed by atoms with E-state index in [4.69, 9.17) is 28.9 Å². The lowest BCUT2D eigenvalue weighted by Gasteiger charge is -2.19. The number of hydrogen-bond acceptors (Lipinski definition) is 8. The van der Waals surface area contributed by atoms with Gasteiger partial charge in [-0.15, -0.1) is 0 Å². The minimum atomic E-state index is 0.532. The van der Waals surface area contributed by atoms with Crippen molar-refractivity contribution < 1.29 is 18.9 Å². The lowest BCUT2D eigenvalue weighted by Crippen LogP contribution is -2.28. The lowest BCUT2D eigenvalue weighted by molar-refractivity contribution is 0.311. The highest BCUT2D eigenvalue weighted by Crippen LogP contribution is 2.37. The van der Waals surface area contributed by atoms with Crippen LogP contribution >= 0.6 is 0 Å². The van der Waals surface area contributed by atoms with Crippen LogP contribution in [0.25, 0.3) is 22.3 Å². The summed E-state index contributed by atoms with van der Waals surface area (Å²) in [5, 5.41) is 4.38. The van der Waals surface area contributed by atoms with Crippen LogP contribution in [-0.4, -0.2) is 69.0 Å². The molecule has 0 fully saturated rings. The molecule has 0 atom stereocenters. The van der Waals surface area contributed by atoms with Crippen LogP contribution in [0.5, 0.6) is 23.0 Å². The zero-order chi connectivity index (χ0) is 23.8. The van der Waals surface area contributed by atoms with Crippen molar-refractivity contribution in [2.75, 3.05) is 59.4 Å². The Kier molecular flexibility index (Phi) is 8.54. The van der Waals surface area contributed by atoms with Gasteiger partial charge in [0.2, 0.25) is 0 Å². The fraction of sp³-hybridized carbons (Fsp3) is 0.440. The number of hydrogen-bond donors (Lipinski definition) is 1. The summed E-state index contributed by atoms with van der Waals surface area (Å²) in [6.07, 6.45) is 0. The average Bonchev–Trinajstić information content (AvgIpc) is 2.85. The normalized spacial score (nSPS) is 11.0. The van der Waals surface area contributed by atoms with E-state index in [1.54, 1.807) is 21.3 Å². The van der Waals surface area contributed by atoms with E-state index >= 15 is 0 Å². The molecule has 0 aliphatic rings. The van der Waals surface area contributed by atoms with E-state index in [-0.39, 0.29) is 0 Å². The van der Waals surface area contributed by atoms with E-state index in [1.165, 1.54) is 0 Å². The van der Waals surface area contributed by atoms with Crippen molar-refractivity contribution in [1.29, 1.82) is 0 Å². The van der Waals surface area contributed by atoms with Gasteiger partial charge in [0.25, 0.3) is 0 Å². The molecular weight excluding hydrogens is 420 g/mol. The smallest absolute Gasteiger partial charge is 0.163 e. The number of fused-ring (bicyclic) bond motifs is 1. The third-order valence-corrected chi connectivity index (χ3v) is 5.54. The van der Waals surface area contributed by atoms with Gasteiger partial charge in [0.1, 0.15) is 5.82 Å². The van der Waals surface area contributed by atoms with Gasteiger partial charge in [-0.1, -0.05) is 13.8 Å². The first-order chi connectivity index (χ1) is 16.1. The number of likely N-dealkylation sites (N-methyl/N-ethyl adjacent to an activating group) is 1. The second kappa shape index (κ2) is 11.6. The molecule has 0 amide bonds. The largest absolute Gasteiger partial charge is 0.493 e. The van der Waals surface area contributed by atoms with E-state index in [0.717, 1.165) is 48.5 Å². The molecule has 3 rings (SSSR count). The zero-order valence-electron chi connectivity index (χ0n) is 20.4. The molecule has 0 radical (unpaired) electrons. The molecule has 0 bridgehead atoms. The van der Waals surface area contributed by atoms with Crippen LogP contribution in [0.3, 0.4) is 0 Å². The van der Waals surface area contributed by atoms with Crippen LogP contribution in [0.1, 0.15) is 20.8 Å². The van der Waals surface area contributed by atoms with Crippen LogP contribution in [-0.2, 0) is 0 Å². The van der Waals surface area contributed by atoms with Crippen molar-refractivity contribution in [2.24, 2.45) is 0 Å². The Balaban J connectivity index is 2.10. The molecule has 2 aromatic carbocycles. The molecule has 0 saturated carbocycles. The van der Waals surface area contributed by atoms with Gasteiger partial charge in [-0.05, 0) is 44.3 Å². The van der Waals surface area contributed by atoms with Crippen LogP contribution in [0, 0.1) is 0 Å². The third-order valence-electron chi connectivity index (χ3n) is 5.54. The van der Waals surface area contributed by atoms with Crippen molar-refractivity contribution in [3.05, 3.63) is 30.3 Å². The van der Waals surface area contributed by atoms with E-state index in [2.05, 4.69) is 24.1 Å². The quantitative estimate of drug-likeness (QED) is 0.429. The standard InChI is InChI=1S/C25H34N4O4/c1-7-29(8-2)13-12-26-25-18-15-22(32-6)23(33-9-3)16-19(18)27-24(28-25)17-10-11-20(30-4)21(14-17)31-5/h10-11,14-16H,7-9,12-13H2,1-6H3,(H,26,27,28). The Morgan fingerprint density at radius 2 is 1.52 bits per heavy atom. The Labute approximate surface area is 195 Å². The van der Waals surface area contributed by atoms with E-state index < -0.39 is 0 Å². The van der Waals surface area contributed by atoms with Crippen molar-refractivity contribution in [2.45, 2.75) is 20.8 Å². The summed E-state index contributed by atoms with van der Waals surface area (Å²) in [4.78, 5) is 12.1. The molecule has 8 nitrogen and oxygen atoms in total. The number of methoxy groups -OCH3 is 3. The lowest BCUT2D eigenvalue weighted by atomic mass is 10.1. The van der Waals surface area contributed by atoms with E-state index in [1.807, 2.05) is 37.3 Å². The molecule has 1 aromatic heterocycles. The van der Waals surface area contributed by atoms with Crippen LogP contribution in [0.15, 0.2) is 30.3 Å². The maximum absolute atomic E-state index is 5.78. The summed E-state index contributed by atoms with van der Waals surface area (Å²) in [5.41, 5.74) is 1.60. The molecule has 1 heterocycles. The number of nitrogens with one attached hydrogen (secondary N) is 1. The molecule has 1 N–H and O–H groups in total. The summed E-state index contributed by atoms with van der Waals surface area (Å²) < 4.78 is 22.2. The maximum Gasteiger partial charge on any atom is 0.163 e. The second-order valence-electron chi connectivity index (χ2n) is 7.37. The zero-order valence-corrected chi connectivity index (χ0v) is 20.4. The van der Waals surface area contributed by atoms with Crippen molar-refractivity contribution in [3.63, 3.8) is 0 Å². The number of ether oxygens (including phenoxy) is 4. The predicted octanol–water partition coefficient (Wildman–Crippen LogP) is 4.48. The average molecular weight is 455 g/mol. The highest BCUT2D eigenvalue weighted by Gasteiger charge is 2.16. The van der Waals surface area contributed by atoms with Gasteiger partial charge >= 0.3 is 0 Å². The first kappa shape index (κ1) is 24.4. The number of nitrogens with zero attached hydrogens (tertiary/aromatic N) is 3. The molecule has 0 aliphatic heterocycles. The first-order valence-corrected chi connectivity index (χ1v) is 11.3. The fourth-order valence-corrected chi connectivity index (χ4v) is 3.68. The van der Waals surface area contributed by atoms with Crippen molar-refractivity contribution >= 4 is 16.7 Å². The molecule has 33 heavy (non-hydrogen) atoms. The SMILES string of the molecule is CCOc1cc2nc(-c3ccc(OC)c(OC)c3)nc(NCCN(CC)CC)c2cc1OC. The summed E-state index contributed by atoms with van der Waals surface area (Å²) in [5.74, 6) is 3.92. The monoisotopic (exact) mass is 454 g/mol. The highest BCUT2D eigenvalue weighted by molar-refractivity contribution is 5.93. The summed E-state index contributed by atoms with van der Waals surface area (Å²) in [6.45, 7) is 10.5. The van der Waals surface area contributed by atoms with Gasteiger partial charge in [-0.3, -0.25) is 0 Å². The Morgan fingerprint density at radius 1 is 0.818 bits per heavy atom. The second-order valence-corrected chi connectivity index (χ2v) is 7.37. The molecule has 178 valence electrons. The van der Waals surface area contributed by atoms with Gasteiger partial charge in [0, 0.05) is 30.1 Å². The van der Waals surface area contributed by atoms with Gasteiger partial charge in [-0.25, -0.2) is 9.97 Å². The fourth-order valence-electron chi connectivity index (χ4n) is 3.68. The molecule has 0 spiro atoms. The van der Waals surface area contributed by atoms with E-state index in [9.17, 15) is 0 Å². The van der Waals surface area contributed by atoms with E-state index in [0.29, 0.717) is 35.4 Å². The molecular formula is C25H34N4O4. The van der Waals surface area contributed by atoms with Gasteiger partial charge in [0.05, 0.1) is 33.5 Å². The third kappa shape index (κ3) is 5.57. The maximum atomic E-state index is 5.78. The van der Waals surface area contributed by atoms with Crippen molar-refractivity contribution in [1.82, 2.24) is 14.9 Å². The Hall–Kier alpha value is -3.26. The van der Waals surface area contributed by atoms with Crippen LogP contribution in [0.2, 0.25) is 0 Å². The van der Waals surface area contributed by atoms with Crippen molar-refractivity contribution in [3.8, 4) is 34.4 Å². The highest BCUT2D eigenvalue weighted by atomic mass is 16.5.